The molecular formula is C67H76Cl2N6O15S. The van der Waals surface area contributed by atoms with Crippen molar-refractivity contribution in [1.82, 2.24) is 19.1 Å². The summed E-state index contributed by atoms with van der Waals surface area (Å²) in [5.41, 5.74) is 6.57. The molecule has 0 saturated heterocycles. The van der Waals surface area contributed by atoms with Crippen LogP contribution in [0.25, 0.3) is 11.1 Å². The first kappa shape index (κ1) is 69.9. The number of aryl methyl sites for hydroxylation is 4. The largest absolute Gasteiger partial charge is 0.492 e. The highest BCUT2D eigenvalue weighted by molar-refractivity contribution is 7.90. The Morgan fingerprint density at radius 2 is 1.41 bits per heavy atom. The maximum absolute atomic E-state index is 13.5. The smallest absolute Gasteiger partial charge is 0.356 e. The normalized spacial score (nSPS) is 14.0. The maximum atomic E-state index is 13.5. The Balaban J connectivity index is 0.000000176. The van der Waals surface area contributed by atoms with Gasteiger partial charge in [0, 0.05) is 59.6 Å². The van der Waals surface area contributed by atoms with Crippen LogP contribution in [-0.4, -0.2) is 107 Å². The number of aromatic nitrogens is 4. The summed E-state index contributed by atoms with van der Waals surface area (Å²) in [6.45, 7) is 18.0. The van der Waals surface area contributed by atoms with Gasteiger partial charge in [0.25, 0.3) is 11.1 Å². The van der Waals surface area contributed by atoms with E-state index in [9.17, 15) is 37.2 Å². The summed E-state index contributed by atoms with van der Waals surface area (Å²) in [6, 6.07) is 31.6. The van der Waals surface area contributed by atoms with Crippen LogP contribution in [-0.2, 0) is 81.9 Å². The van der Waals surface area contributed by atoms with Crippen LogP contribution in [0.15, 0.2) is 134 Å². The number of ketones is 1. The van der Waals surface area contributed by atoms with Gasteiger partial charge < -0.3 is 38.8 Å². The molecule has 0 saturated carbocycles. The number of carbonyl (C=O) groups excluding carboxylic acids is 3. The number of nitrogens with zero attached hydrogens (tertiary/aromatic N) is 5. The number of hydrogen-bond donors (Lipinski definition) is 2. The van der Waals surface area contributed by atoms with Crippen molar-refractivity contribution in [3.05, 3.63) is 190 Å². The number of oxime groups is 2. The van der Waals surface area contributed by atoms with E-state index in [4.69, 9.17) is 56.9 Å². The summed E-state index contributed by atoms with van der Waals surface area (Å²) in [4.78, 5) is 84.2. The number of ether oxygens (including phenoxy) is 4. The Kier molecular flexibility index (Phi) is 23.8. The fourth-order valence-corrected chi connectivity index (χ4v) is 11.7. The standard InChI is InChI=1S/C23H32N2O4.C18H17NO3.C16H17N3O5S.C10H10Cl2O3/c1-7-16-13-15(3)14-17(8-2)18(16)19-20(26)24-9-11-28-12-10-25(24)21(19)29-22(27)23(4,5)6;1-2-21-17(20)16-13-18(22-19-16,14-9-5-3-6-10-14)15-11-7-4-8-12-15;1-9-10(15(20)11-8-17-19(2)16(11)21)4-5-13(25(3,22)23)14(9)12-6-7-24-18-12;11-7-3-4-9(8(12)6-7)15-5-1-2-10(13)14/h13-14H,7-12H2,1-6H3;3-12H,2,13H2,1H3;4-5,8,17H,6-7H2,1-3H3;3-4,6H,1-2,5H2,(H,13,14). The second-order valence-electron chi connectivity index (χ2n) is 22.5. The first-order valence-corrected chi connectivity index (χ1v) is 32.3. The number of rotatable bonds is 17. The molecule has 0 amide bonds. The van der Waals surface area contributed by atoms with Gasteiger partial charge in [0.15, 0.2) is 26.9 Å². The Labute approximate surface area is 538 Å². The predicted octanol–water partition coefficient (Wildman–Crippen LogP) is 11.0. The number of fused-ring (bicyclic) bond motifs is 1. The van der Waals surface area contributed by atoms with E-state index in [0.717, 1.165) is 46.9 Å². The highest BCUT2D eigenvalue weighted by Gasteiger charge is 2.45. The molecule has 3 aliphatic heterocycles. The molecule has 91 heavy (non-hydrogen) atoms. The second-order valence-corrected chi connectivity index (χ2v) is 25.4. The molecule has 0 fully saturated rings. The van der Waals surface area contributed by atoms with Gasteiger partial charge in [-0.25, -0.2) is 22.6 Å². The highest BCUT2D eigenvalue weighted by Crippen LogP contribution is 2.42. The molecule has 5 heterocycles. The monoisotopic (exact) mass is 1310 g/mol. The minimum absolute atomic E-state index is 0.00623. The summed E-state index contributed by atoms with van der Waals surface area (Å²) in [7, 11) is -2.02. The number of nitrogens with one attached hydrogen (secondary N) is 1. The predicted molar refractivity (Wildman–Crippen MR) is 347 cm³/mol. The van der Waals surface area contributed by atoms with Gasteiger partial charge >= 0.3 is 17.9 Å². The fourth-order valence-electron chi connectivity index (χ4n) is 10.3. The zero-order valence-corrected chi connectivity index (χ0v) is 55.0. The second kappa shape index (κ2) is 31.0. The Hall–Kier alpha value is -8.57. The lowest BCUT2D eigenvalue weighted by Crippen LogP contribution is -2.29. The highest BCUT2D eigenvalue weighted by atomic mass is 35.5. The third-order valence-electron chi connectivity index (χ3n) is 14.9. The number of benzene rings is 5. The number of hydrogen-bond acceptors (Lipinski definition) is 16. The van der Waals surface area contributed by atoms with E-state index < -0.39 is 44.1 Å². The van der Waals surface area contributed by atoms with E-state index in [0.29, 0.717) is 115 Å². The minimum atomic E-state index is -3.52. The molecule has 0 atom stereocenters. The number of carboxylic acids is 1. The number of H-pyrrole nitrogens is 1. The van der Waals surface area contributed by atoms with Crippen molar-refractivity contribution in [2.75, 3.05) is 39.3 Å². The van der Waals surface area contributed by atoms with Crippen LogP contribution < -0.4 is 20.6 Å². The molecule has 0 unspecified atom stereocenters. The topological polar surface area (TPSA) is 267 Å². The van der Waals surface area contributed by atoms with Crippen LogP contribution >= 0.6 is 23.2 Å². The van der Waals surface area contributed by atoms with Gasteiger partial charge in [-0.05, 0) is 113 Å². The maximum Gasteiger partial charge on any atom is 0.356 e. The molecule has 2 N–H and O–H groups in total. The molecule has 0 bridgehead atoms. The van der Waals surface area contributed by atoms with E-state index in [1.54, 1.807) is 41.4 Å². The van der Waals surface area contributed by atoms with Crippen LogP contribution in [0.4, 0.5) is 0 Å². The van der Waals surface area contributed by atoms with Gasteiger partial charge in [0.2, 0.25) is 5.88 Å². The Bertz CT molecular complexity index is 4020. The van der Waals surface area contributed by atoms with Crippen LogP contribution in [0, 0.1) is 19.3 Å². The first-order chi connectivity index (χ1) is 43.3. The Morgan fingerprint density at radius 1 is 0.780 bits per heavy atom. The van der Waals surface area contributed by atoms with Gasteiger partial charge in [0.05, 0.1) is 67.0 Å². The number of aromatic amines is 1. The first-order valence-electron chi connectivity index (χ1n) is 29.7. The number of aliphatic carboxylic acids is 1. The molecule has 0 spiro atoms. The van der Waals surface area contributed by atoms with Crippen molar-refractivity contribution in [3.63, 3.8) is 0 Å². The molecule has 2 aromatic heterocycles. The van der Waals surface area contributed by atoms with Gasteiger partial charge in [-0.1, -0.05) is 126 Å². The Morgan fingerprint density at radius 3 is 1.93 bits per heavy atom. The van der Waals surface area contributed by atoms with Crippen molar-refractivity contribution in [2.24, 2.45) is 22.8 Å². The molecule has 0 aliphatic carbocycles. The third kappa shape index (κ3) is 16.9. The van der Waals surface area contributed by atoms with Gasteiger partial charge in [0.1, 0.15) is 23.5 Å². The molecule has 24 heteroatoms. The van der Waals surface area contributed by atoms with Crippen LogP contribution in [0.2, 0.25) is 10.0 Å². The van der Waals surface area contributed by atoms with E-state index in [1.165, 1.54) is 35.6 Å². The molecule has 5 aromatic carbocycles. The average Bonchev–Trinajstić information content (AvgIpc) is 1.69. The van der Waals surface area contributed by atoms with Gasteiger partial charge in [-0.3, -0.25) is 28.7 Å². The van der Waals surface area contributed by atoms with Crippen molar-refractivity contribution in [1.29, 1.82) is 0 Å². The SMILES string of the molecule is CCOC(=O)C1=NOC(c2ccccc2)(c2ccccc2)C1.CCc1cc(C)cc(CC)c1-c1c(OC(=O)C(C)(C)C)n2n(c1=O)CCOCC2.Cc1c(C(=O)c2c[nH]n(C)c2=O)ccc(S(C)(=O)=O)c1C1=NOCC1.O=C(O)CCCOc1ccc(Cl)cc1Cl. The molecular weight excluding hydrogens is 1230 g/mol. The number of sulfone groups is 1. The lowest BCUT2D eigenvalue weighted by Gasteiger charge is -2.27. The molecule has 21 nitrogen and oxygen atoms in total. The van der Waals surface area contributed by atoms with Crippen LogP contribution in [0.3, 0.4) is 0 Å². The molecule has 0 radical (unpaired) electrons. The van der Waals surface area contributed by atoms with E-state index in [1.807, 2.05) is 81.4 Å². The summed E-state index contributed by atoms with van der Waals surface area (Å²) in [6.07, 6.45) is 5.39. The lowest BCUT2D eigenvalue weighted by atomic mass is 9.82. The molecule has 7 aromatic rings. The van der Waals surface area contributed by atoms with Crippen LogP contribution in [0.1, 0.15) is 122 Å². The van der Waals surface area contributed by atoms with Crippen molar-refractivity contribution in [2.45, 2.75) is 118 Å². The number of carboxylic acid groups (broad SMARTS) is 1. The fraction of sp³-hybridized carbons (Fsp3) is 0.373. The van der Waals surface area contributed by atoms with Crippen LogP contribution in [0.5, 0.6) is 11.6 Å². The van der Waals surface area contributed by atoms with E-state index in [2.05, 4.69) is 48.3 Å². The molecule has 484 valence electrons. The summed E-state index contributed by atoms with van der Waals surface area (Å²) >= 11 is 11.5. The lowest BCUT2D eigenvalue weighted by molar-refractivity contribution is -0.143. The third-order valence-corrected chi connectivity index (χ3v) is 16.6. The van der Waals surface area contributed by atoms with Gasteiger partial charge in [-0.15, -0.1) is 0 Å². The van der Waals surface area contributed by atoms with Gasteiger partial charge in [-0.2, -0.15) is 0 Å². The molecule has 3 aliphatic rings. The molecule has 10 rings (SSSR count). The zero-order valence-electron chi connectivity index (χ0n) is 52.6. The minimum Gasteiger partial charge on any atom is -0.492 e. The number of carbonyl (C=O) groups is 4. The summed E-state index contributed by atoms with van der Waals surface area (Å²) in [5.74, 6) is -1.22. The van der Waals surface area contributed by atoms with Crippen molar-refractivity contribution < 1.29 is 61.3 Å². The zero-order chi connectivity index (χ0) is 66.4. The van der Waals surface area contributed by atoms with Crippen molar-refractivity contribution in [3.8, 4) is 22.8 Å². The number of halogens is 2. The quantitative estimate of drug-likeness (QED) is 0.0487. The summed E-state index contributed by atoms with van der Waals surface area (Å²) < 4.78 is 50.7. The summed E-state index contributed by atoms with van der Waals surface area (Å²) in [5, 5.41) is 19.9. The van der Waals surface area contributed by atoms with Crippen molar-refractivity contribution >= 4 is 68.2 Å². The average molecular weight is 1310 g/mol. The van der Waals surface area contributed by atoms with E-state index >= 15 is 0 Å². The van der Waals surface area contributed by atoms with E-state index in [-0.39, 0.29) is 34.0 Å². The number of esters is 2.